The first-order valence-corrected chi connectivity index (χ1v) is 47.8. The van der Waals surface area contributed by atoms with Crippen molar-refractivity contribution in [3.8, 4) is 68.6 Å². The van der Waals surface area contributed by atoms with Gasteiger partial charge in [0, 0.05) is 141 Å². The minimum Gasteiger partial charge on any atom is -0.497 e. The second-order valence-corrected chi connectivity index (χ2v) is 36.2. The molecule has 0 fully saturated rings. The Morgan fingerprint density at radius 2 is 0.493 bits per heavy atom. The highest BCUT2D eigenvalue weighted by molar-refractivity contribution is 6.13. The van der Waals surface area contributed by atoms with Gasteiger partial charge in [0.15, 0.2) is 11.6 Å². The van der Waals surface area contributed by atoms with Crippen LogP contribution in [0.2, 0.25) is 0 Å². The van der Waals surface area contributed by atoms with Gasteiger partial charge in [-0.15, -0.1) is 0 Å². The molecule has 0 unspecified atom stereocenters. The molecule has 21 heteroatoms. The minimum absolute atomic E-state index is 0.0509. The second kappa shape index (κ2) is 38.5. The summed E-state index contributed by atoms with van der Waals surface area (Å²) in [6.45, 7) is 4.60. The van der Waals surface area contributed by atoms with Crippen molar-refractivity contribution in [2.45, 2.75) is 94.8 Å². The van der Waals surface area contributed by atoms with Crippen molar-refractivity contribution in [1.29, 1.82) is 0 Å². The lowest BCUT2D eigenvalue weighted by atomic mass is 9.84. The number of nitrogens with zero attached hydrogens (tertiary/aromatic N) is 6. The molecule has 6 aliphatic rings. The topological polar surface area (TPSA) is 243 Å². The van der Waals surface area contributed by atoms with Crippen molar-refractivity contribution in [3.05, 3.63) is 357 Å². The van der Waals surface area contributed by atoms with Crippen LogP contribution in [-0.2, 0) is 38.5 Å². The van der Waals surface area contributed by atoms with Gasteiger partial charge in [0.25, 0.3) is 0 Å². The summed E-state index contributed by atoms with van der Waals surface area (Å²) >= 11 is 0. The zero-order valence-electron chi connectivity index (χ0n) is 78.2. The molecule has 0 radical (unpaired) electrons. The summed E-state index contributed by atoms with van der Waals surface area (Å²) in [5.41, 5.74) is 33.7. The summed E-state index contributed by atoms with van der Waals surface area (Å²) in [4.78, 5) is 52.8. The Hall–Kier alpha value is -15.8. The van der Waals surface area contributed by atoms with E-state index >= 15 is 4.39 Å². The maximum Gasteiger partial charge on any atom is 0.165 e. The van der Waals surface area contributed by atoms with E-state index in [9.17, 15) is 0 Å². The van der Waals surface area contributed by atoms with Crippen molar-refractivity contribution < 1.29 is 42.3 Å². The molecule has 0 spiro atoms. The van der Waals surface area contributed by atoms with Crippen molar-refractivity contribution in [3.63, 3.8) is 0 Å². The maximum absolute atomic E-state index is 15.2. The zero-order chi connectivity index (χ0) is 93.3. The molecule has 0 bridgehead atoms. The summed E-state index contributed by atoms with van der Waals surface area (Å²) in [6.07, 6.45) is 9.98. The molecule has 18 aromatic rings. The van der Waals surface area contributed by atoms with Crippen LogP contribution in [0.5, 0.6) is 57.5 Å². The van der Waals surface area contributed by atoms with Crippen LogP contribution in [0.4, 0.5) is 4.39 Å². The van der Waals surface area contributed by atoms with Crippen molar-refractivity contribution >= 4 is 99.7 Å². The standard InChI is InChI=1S/C39H35FN4O3.C39H36N4O3.C39H36N4O2/c1-45-26-9-11-28-30-14-16-41-35(38(30)43-33(28)21-26)18-24(23-8-13-32(40)37(20-23)47-25-6-4-3-5-7-25)19-36-39-31(15-17-42-36)29-12-10-27(46-2)22-34(29)44-39;1-44-28-12-14-30-32-16-18-40-36(38(32)42-34(30)22-28)20-25(24-8-10-27(11-9-24)46-26-6-4-3-5-7-26)21-37-39-33(17-19-41-37)31-15-13-29(45-2)23-35(31)43-39;1-44-28-11-13-30-32-15-17-40-36(38(32)42-34(30)22-28)20-27(26-10-6-9-25(19-26)24-7-4-3-5-8-24)21-37-39-33(16-18-41-37)31-14-12-29(45-2)23-35(31)43-39/h3-13,20-22,24,43-44H,14-19H2,1-2H3;3-15,22-23,25,42-43H,16-21H2,1-2H3;3-14,19,22-23,27,42-43H,15-18,20-21H2,1-2H3. The van der Waals surface area contributed by atoms with Crippen molar-refractivity contribution in [2.75, 3.05) is 81.9 Å². The Balaban J connectivity index is 0.000000120. The van der Waals surface area contributed by atoms with Crippen molar-refractivity contribution in [2.24, 2.45) is 30.0 Å². The molecule has 12 aromatic carbocycles. The molecule has 20 nitrogen and oxygen atoms in total. The highest BCUT2D eigenvalue weighted by Gasteiger charge is 2.34. The van der Waals surface area contributed by atoms with Crippen LogP contribution < -0.4 is 37.9 Å². The number of hydrogen-bond acceptors (Lipinski definition) is 14. The van der Waals surface area contributed by atoms with Gasteiger partial charge in [0.1, 0.15) is 51.7 Å². The molecule has 0 amide bonds. The van der Waals surface area contributed by atoms with Crippen molar-refractivity contribution in [1.82, 2.24) is 29.9 Å². The van der Waals surface area contributed by atoms with E-state index in [1.54, 1.807) is 42.7 Å². The molecule has 6 N–H and O–H groups in total. The van der Waals surface area contributed by atoms with Gasteiger partial charge in [-0.1, -0.05) is 109 Å². The average Bonchev–Trinajstić information content (AvgIpc) is 1.63. The number of aromatic amines is 6. The molecule has 0 saturated heterocycles. The minimum atomic E-state index is -0.403. The van der Waals surface area contributed by atoms with Gasteiger partial charge >= 0.3 is 0 Å². The number of halogens is 1. The number of benzene rings is 12. The Kier molecular flexibility index (Phi) is 24.5. The van der Waals surface area contributed by atoms with E-state index < -0.39 is 5.82 Å². The van der Waals surface area contributed by atoms with Gasteiger partial charge in [0.2, 0.25) is 0 Å². The quantitative estimate of drug-likeness (QED) is 0.0304. The van der Waals surface area contributed by atoms with Crippen LogP contribution in [0, 0.1) is 5.82 Å². The fourth-order valence-electron chi connectivity index (χ4n) is 21.3. The summed E-state index contributed by atoms with van der Waals surface area (Å²) in [5.74, 6) is 7.36. The van der Waals surface area contributed by atoms with E-state index in [0.717, 1.165) is 257 Å². The van der Waals surface area contributed by atoms with Crippen LogP contribution >= 0.6 is 0 Å². The number of methoxy groups -OCH3 is 6. The molecule has 6 aliphatic heterocycles. The molecular formula is C117H107FN12O8. The van der Waals surface area contributed by atoms with Gasteiger partial charge in [-0.3, -0.25) is 30.0 Å². The lowest BCUT2D eigenvalue weighted by Gasteiger charge is -2.24. The van der Waals surface area contributed by atoms with E-state index in [1.807, 2.05) is 109 Å². The second-order valence-electron chi connectivity index (χ2n) is 36.2. The number of fused-ring (bicyclic) bond motifs is 18. The van der Waals surface area contributed by atoms with Gasteiger partial charge in [-0.2, -0.15) is 0 Å². The number of H-pyrrole nitrogens is 6. The maximum atomic E-state index is 15.2. The van der Waals surface area contributed by atoms with Gasteiger partial charge in [0.05, 0.1) is 111 Å². The van der Waals surface area contributed by atoms with E-state index in [2.05, 4.69) is 182 Å². The zero-order valence-corrected chi connectivity index (χ0v) is 78.2. The molecule has 690 valence electrons. The average molecular weight is 1830 g/mol. The van der Waals surface area contributed by atoms with Gasteiger partial charge < -0.3 is 67.8 Å². The summed E-state index contributed by atoms with van der Waals surface area (Å²) in [6, 6.07) is 90.2. The molecule has 138 heavy (non-hydrogen) atoms. The van der Waals surface area contributed by atoms with Crippen LogP contribution in [0.15, 0.2) is 297 Å². The number of ether oxygens (including phenoxy) is 8. The number of aromatic nitrogens is 6. The normalized spacial score (nSPS) is 14.2. The van der Waals surface area contributed by atoms with Crippen LogP contribution in [-0.4, -0.2) is 146 Å². The third-order valence-corrected chi connectivity index (χ3v) is 28.2. The Labute approximate surface area is 799 Å². The summed E-state index contributed by atoms with van der Waals surface area (Å²) in [5, 5.41) is 7.40. The molecule has 6 aromatic heterocycles. The Bertz CT molecular complexity index is 7510. The van der Waals surface area contributed by atoms with E-state index in [-0.39, 0.29) is 23.5 Å². The molecular weight excluding hydrogens is 1720 g/mol. The number of nitrogens with one attached hydrogen (secondary N) is 6. The first-order chi connectivity index (χ1) is 67.9. The molecule has 0 atom stereocenters. The Morgan fingerprint density at radius 3 is 0.797 bits per heavy atom. The lowest BCUT2D eigenvalue weighted by molar-refractivity contribution is 0.415. The smallest absolute Gasteiger partial charge is 0.165 e. The fraction of sp³-hybridized carbons (Fsp3) is 0.231. The predicted molar refractivity (Wildman–Crippen MR) is 553 cm³/mol. The lowest BCUT2D eigenvalue weighted by Crippen LogP contribution is -2.20. The number of aliphatic imine (C=N–C) groups is 6. The number of hydrogen-bond donors (Lipinski definition) is 6. The third-order valence-electron chi connectivity index (χ3n) is 28.2. The molecule has 12 heterocycles. The third kappa shape index (κ3) is 17.6. The summed E-state index contributed by atoms with van der Waals surface area (Å²) in [7, 11) is 10.2. The van der Waals surface area contributed by atoms with Gasteiger partial charge in [-0.05, 0) is 277 Å². The van der Waals surface area contributed by atoms with Crippen LogP contribution in [0.25, 0.3) is 76.5 Å². The fourth-order valence-corrected chi connectivity index (χ4v) is 21.3. The molecule has 0 saturated carbocycles. The largest absolute Gasteiger partial charge is 0.497 e. The van der Waals surface area contributed by atoms with Crippen LogP contribution in [0.1, 0.15) is 141 Å². The monoisotopic (exact) mass is 1830 g/mol. The SMILES string of the molecule is COc1ccc2c3c([nH]c2c1)C(CC(CC1=NCCc2c1[nH]c1cc(OC)ccc21)c1ccc(F)c(Oc2ccccc2)c1)=NCC3.COc1ccc2c3c([nH]c2c1)C(CC(CC1=NCCc2c1[nH]c1cc(OC)ccc21)c1ccc(Oc2ccccc2)cc1)=NCC3.COc1ccc2c3c([nH]c2c1)C(CC(CC1=NCCc2c1[nH]c1cc(OC)ccc21)c1cccc(-c2ccccc2)c1)=NCC3. The number of para-hydroxylation sites is 2. The summed E-state index contributed by atoms with van der Waals surface area (Å²) < 4.78 is 60.4. The Morgan fingerprint density at radius 1 is 0.239 bits per heavy atom. The highest BCUT2D eigenvalue weighted by atomic mass is 19.1. The van der Waals surface area contributed by atoms with Gasteiger partial charge in [-0.25, -0.2) is 4.39 Å². The first-order valence-electron chi connectivity index (χ1n) is 47.8. The predicted octanol–water partition coefficient (Wildman–Crippen LogP) is 25.3. The van der Waals surface area contributed by atoms with E-state index in [0.29, 0.717) is 18.6 Å². The molecule has 0 aliphatic carbocycles. The van der Waals surface area contributed by atoms with E-state index in [1.165, 1.54) is 94.0 Å². The first kappa shape index (κ1) is 87.6. The molecule has 24 rings (SSSR count). The highest BCUT2D eigenvalue weighted by Crippen LogP contribution is 2.44. The van der Waals surface area contributed by atoms with Crippen LogP contribution in [0.3, 0.4) is 0 Å². The van der Waals surface area contributed by atoms with E-state index in [4.69, 9.17) is 67.8 Å². The number of rotatable bonds is 26.